The Morgan fingerprint density at radius 3 is 2.56 bits per heavy atom. The lowest BCUT2D eigenvalue weighted by atomic mass is 9.84. The molecule has 2 heterocycles. The van der Waals surface area contributed by atoms with E-state index >= 15 is 0 Å². The maximum Gasteiger partial charge on any atom is 0.253 e. The molecule has 1 aromatic heterocycles. The summed E-state index contributed by atoms with van der Waals surface area (Å²) < 4.78 is 29.6. The number of pyridine rings is 1. The highest BCUT2D eigenvalue weighted by Crippen LogP contribution is 2.37. The van der Waals surface area contributed by atoms with E-state index in [2.05, 4.69) is 9.71 Å². The summed E-state index contributed by atoms with van der Waals surface area (Å²) in [5, 5.41) is 12.3. The van der Waals surface area contributed by atoms with Gasteiger partial charge in [-0.1, -0.05) is 29.8 Å². The number of nitrogens with one attached hydrogen (secondary N) is 1. The number of rotatable bonds is 5. The molecule has 1 unspecified atom stereocenters. The normalized spacial score (nSPS) is 16.1. The summed E-state index contributed by atoms with van der Waals surface area (Å²) in [6.45, 7) is 0.612. The highest BCUT2D eigenvalue weighted by Gasteiger charge is 2.37. The third-order valence-corrected chi connectivity index (χ3v) is 7.92. The molecule has 1 aliphatic heterocycles. The lowest BCUT2D eigenvalue weighted by Crippen LogP contribution is -2.45. The van der Waals surface area contributed by atoms with Crippen molar-refractivity contribution in [1.82, 2.24) is 9.88 Å². The maximum atomic E-state index is 13.7. The molecular weight excluding hydrogens is 501 g/mol. The van der Waals surface area contributed by atoms with Gasteiger partial charge in [-0.05, 0) is 67.4 Å². The van der Waals surface area contributed by atoms with Crippen LogP contribution >= 0.6 is 11.6 Å². The Balaban J connectivity index is 1.24. The van der Waals surface area contributed by atoms with Gasteiger partial charge in [0.1, 0.15) is 22.7 Å². The van der Waals surface area contributed by atoms with Crippen LogP contribution in [0.3, 0.4) is 0 Å². The van der Waals surface area contributed by atoms with Crippen LogP contribution in [0.15, 0.2) is 83.9 Å². The minimum absolute atomic E-state index is 0.173. The molecule has 1 fully saturated rings. The Kier molecular flexibility index (Phi) is 6.85. The second-order valence-corrected chi connectivity index (χ2v) is 10.3. The van der Waals surface area contributed by atoms with Crippen molar-refractivity contribution in [2.75, 3.05) is 17.8 Å². The highest BCUT2D eigenvalue weighted by atomic mass is 35.5. The number of fused-ring (bicyclic) bond motifs is 1. The Morgan fingerprint density at radius 2 is 1.81 bits per heavy atom. The van der Waals surface area contributed by atoms with Crippen molar-refractivity contribution in [3.63, 3.8) is 0 Å². The molecule has 0 bridgehead atoms. The molecule has 2 N–H and O–H groups in total. The fourth-order valence-electron chi connectivity index (χ4n) is 4.45. The number of carbonyl (C=O) groups is 1. The molecule has 3 aromatic carbocycles. The van der Waals surface area contributed by atoms with E-state index in [1.54, 1.807) is 41.4 Å². The monoisotopic (exact) mass is 523 g/mol. The number of nitrogens with zero attached hydrogens (tertiary/aromatic N) is 2. The summed E-state index contributed by atoms with van der Waals surface area (Å²) >= 11 is 4.66. The molecule has 0 spiro atoms. The SMILES string of the molecule is O=C(c1ccc(N[S+]([O-])c2cccc3cccnc23)cc1)N1CCC(O)(c2cc(F)ccc2Cl)CC1. The van der Waals surface area contributed by atoms with Crippen LogP contribution in [0, 0.1) is 5.82 Å². The van der Waals surface area contributed by atoms with E-state index in [1.807, 2.05) is 24.3 Å². The first kappa shape index (κ1) is 24.5. The van der Waals surface area contributed by atoms with Crippen molar-refractivity contribution in [3.8, 4) is 0 Å². The minimum Gasteiger partial charge on any atom is -0.588 e. The number of piperidine rings is 1. The van der Waals surface area contributed by atoms with E-state index in [9.17, 15) is 18.8 Å². The molecule has 9 heteroatoms. The summed E-state index contributed by atoms with van der Waals surface area (Å²) in [7, 11) is 0. The zero-order valence-electron chi connectivity index (χ0n) is 19.2. The number of hydrogen-bond acceptors (Lipinski definition) is 5. The van der Waals surface area contributed by atoms with E-state index < -0.39 is 22.8 Å². The van der Waals surface area contributed by atoms with E-state index in [4.69, 9.17) is 11.6 Å². The molecule has 4 aromatic rings. The number of carbonyl (C=O) groups excluding carboxylic acids is 1. The first-order valence-corrected chi connectivity index (χ1v) is 13.0. The Morgan fingerprint density at radius 1 is 1.08 bits per heavy atom. The quantitative estimate of drug-likeness (QED) is 0.347. The topological polar surface area (TPSA) is 88.5 Å². The van der Waals surface area contributed by atoms with Gasteiger partial charge in [-0.25, -0.2) is 9.11 Å². The largest absolute Gasteiger partial charge is 0.588 e. The van der Waals surface area contributed by atoms with Crippen LogP contribution in [0.25, 0.3) is 10.9 Å². The number of likely N-dealkylation sites (tertiary alicyclic amines) is 1. The average molecular weight is 524 g/mol. The predicted molar refractivity (Wildman–Crippen MR) is 139 cm³/mol. The van der Waals surface area contributed by atoms with Crippen molar-refractivity contribution in [3.05, 3.63) is 101 Å². The molecule has 36 heavy (non-hydrogen) atoms. The summed E-state index contributed by atoms with van der Waals surface area (Å²) in [4.78, 5) is 19.6. The third kappa shape index (κ3) is 4.90. The van der Waals surface area contributed by atoms with Crippen LogP contribution < -0.4 is 4.72 Å². The average Bonchev–Trinajstić information content (AvgIpc) is 2.90. The van der Waals surface area contributed by atoms with Crippen LogP contribution in [0.1, 0.15) is 28.8 Å². The van der Waals surface area contributed by atoms with E-state index in [1.165, 1.54) is 18.2 Å². The van der Waals surface area contributed by atoms with Crippen LogP contribution in [0.4, 0.5) is 10.1 Å². The first-order valence-electron chi connectivity index (χ1n) is 11.4. The zero-order chi connectivity index (χ0) is 25.3. The molecule has 6 nitrogen and oxygen atoms in total. The molecule has 0 saturated carbocycles. The molecule has 1 atom stereocenters. The van der Waals surface area contributed by atoms with Crippen molar-refractivity contribution in [2.24, 2.45) is 0 Å². The molecule has 5 rings (SSSR count). The van der Waals surface area contributed by atoms with Crippen LogP contribution in [0.5, 0.6) is 0 Å². The molecule has 184 valence electrons. The van der Waals surface area contributed by atoms with Gasteiger partial charge in [-0.2, -0.15) is 0 Å². The molecule has 0 aliphatic carbocycles. The predicted octanol–water partition coefficient (Wildman–Crippen LogP) is 5.29. The Hall–Kier alpha value is -3.17. The second kappa shape index (κ2) is 10.1. The minimum atomic E-state index is -1.53. The summed E-state index contributed by atoms with van der Waals surface area (Å²) in [5.74, 6) is -0.638. The molecular formula is C27H23ClFN3O3S. The lowest BCUT2D eigenvalue weighted by molar-refractivity contribution is -0.0212. The van der Waals surface area contributed by atoms with Gasteiger partial charge in [0.05, 0.1) is 11.3 Å². The maximum absolute atomic E-state index is 13.7. The van der Waals surface area contributed by atoms with Crippen molar-refractivity contribution < 1.29 is 18.8 Å². The van der Waals surface area contributed by atoms with Crippen LogP contribution in [-0.2, 0) is 17.0 Å². The lowest BCUT2D eigenvalue weighted by Gasteiger charge is -2.39. The third-order valence-electron chi connectivity index (χ3n) is 6.45. The van der Waals surface area contributed by atoms with Gasteiger partial charge in [0.2, 0.25) is 4.90 Å². The number of hydrogen-bond donors (Lipinski definition) is 2. The van der Waals surface area contributed by atoms with Gasteiger partial charge in [0.25, 0.3) is 5.91 Å². The Labute approximate surface area is 216 Å². The second-order valence-electron chi connectivity index (χ2n) is 8.73. The zero-order valence-corrected chi connectivity index (χ0v) is 20.7. The molecule has 0 radical (unpaired) electrons. The van der Waals surface area contributed by atoms with Gasteiger partial charge in [0.15, 0.2) is 0 Å². The van der Waals surface area contributed by atoms with E-state index in [0.29, 0.717) is 45.3 Å². The fraction of sp³-hybridized carbons (Fsp3) is 0.185. The summed E-state index contributed by atoms with van der Waals surface area (Å²) in [6.07, 6.45) is 2.16. The molecule has 1 aliphatic rings. The van der Waals surface area contributed by atoms with Crippen molar-refractivity contribution in [1.29, 1.82) is 0 Å². The summed E-state index contributed by atoms with van der Waals surface area (Å²) in [5.41, 5.74) is 0.812. The highest BCUT2D eigenvalue weighted by molar-refractivity contribution is 7.93. The van der Waals surface area contributed by atoms with Gasteiger partial charge >= 0.3 is 0 Å². The number of halogens is 2. The van der Waals surface area contributed by atoms with Gasteiger partial charge < -0.3 is 14.6 Å². The standard InChI is InChI=1S/C27H23ClFN3O3S/c28-23-11-8-20(29)17-22(23)27(34)12-15-32(16-13-27)26(33)19-6-9-21(10-7-19)31-36(35)24-5-1-3-18-4-2-14-30-25(18)24/h1-11,14,17,31,34H,12-13,15-16H2. The van der Waals surface area contributed by atoms with Gasteiger partial charge in [-0.15, -0.1) is 0 Å². The number of benzene rings is 3. The number of anilines is 1. The van der Waals surface area contributed by atoms with E-state index in [-0.39, 0.29) is 18.7 Å². The van der Waals surface area contributed by atoms with Crippen LogP contribution in [-0.4, -0.2) is 38.5 Å². The van der Waals surface area contributed by atoms with Gasteiger partial charge in [0, 0.05) is 40.8 Å². The number of aliphatic hydroxyl groups is 1. The molecule has 1 amide bonds. The van der Waals surface area contributed by atoms with Crippen LogP contribution in [0.2, 0.25) is 5.02 Å². The van der Waals surface area contributed by atoms with E-state index in [0.717, 1.165) is 5.39 Å². The van der Waals surface area contributed by atoms with Gasteiger partial charge in [-0.3, -0.25) is 9.78 Å². The smallest absolute Gasteiger partial charge is 0.253 e. The van der Waals surface area contributed by atoms with Crippen molar-refractivity contribution in [2.45, 2.75) is 23.3 Å². The Bertz CT molecular complexity index is 1410. The number of amides is 1. The number of aromatic nitrogens is 1. The molecule has 1 saturated heterocycles. The summed E-state index contributed by atoms with van der Waals surface area (Å²) in [6, 6.07) is 20.0. The van der Waals surface area contributed by atoms with Crippen molar-refractivity contribution >= 4 is 45.5 Å². The number of para-hydroxylation sites is 1. The first-order chi connectivity index (χ1) is 17.3. The fourth-order valence-corrected chi connectivity index (χ4v) is 5.76.